The molecule has 0 aliphatic heterocycles. The van der Waals surface area contributed by atoms with Crippen molar-refractivity contribution >= 4 is 11.6 Å². The van der Waals surface area contributed by atoms with Crippen molar-refractivity contribution in [3.8, 4) is 11.5 Å². The average molecular weight is 296 g/mol. The molecule has 1 atom stereocenters. The molecular weight excluding hydrogens is 278 g/mol. The van der Waals surface area contributed by atoms with Crippen molar-refractivity contribution in [1.29, 1.82) is 0 Å². The lowest BCUT2D eigenvalue weighted by atomic mass is 10.1. The Hall–Kier alpha value is -1.65. The van der Waals surface area contributed by atoms with Gasteiger partial charge in [0.15, 0.2) is 11.5 Å². The first-order valence-corrected chi connectivity index (χ1v) is 6.79. The van der Waals surface area contributed by atoms with E-state index in [9.17, 15) is 5.11 Å². The molecule has 0 spiro atoms. The minimum Gasteiger partial charge on any atom is -0.504 e. The van der Waals surface area contributed by atoms with Crippen LogP contribution >= 0.6 is 11.6 Å². The third kappa shape index (κ3) is 3.68. The highest BCUT2D eigenvalue weighted by molar-refractivity contribution is 6.30. The molecule has 4 nitrogen and oxygen atoms in total. The molecule has 20 heavy (non-hydrogen) atoms. The van der Waals surface area contributed by atoms with Crippen LogP contribution in [0.3, 0.4) is 0 Å². The first kappa shape index (κ1) is 14.8. The maximum absolute atomic E-state index is 10.0. The van der Waals surface area contributed by atoms with E-state index in [2.05, 4.69) is 12.2 Å². The van der Waals surface area contributed by atoms with Crippen LogP contribution in [0.5, 0.6) is 11.5 Å². The van der Waals surface area contributed by atoms with Crippen LogP contribution in [-0.4, -0.2) is 18.3 Å². The van der Waals surface area contributed by atoms with Gasteiger partial charge >= 0.3 is 0 Å². The van der Waals surface area contributed by atoms with Crippen molar-refractivity contribution in [3.05, 3.63) is 46.9 Å². The number of hydrogen-bond donors (Lipinski definition) is 2. The van der Waals surface area contributed by atoms with Gasteiger partial charge in [-0.3, -0.25) is 0 Å². The number of benzene rings is 1. The Kier molecular flexibility index (Phi) is 4.93. The van der Waals surface area contributed by atoms with Crippen molar-refractivity contribution in [1.82, 2.24) is 5.32 Å². The van der Waals surface area contributed by atoms with E-state index < -0.39 is 0 Å². The summed E-state index contributed by atoms with van der Waals surface area (Å²) in [5, 5.41) is 13.9. The molecule has 2 aromatic rings. The van der Waals surface area contributed by atoms with Crippen LogP contribution < -0.4 is 10.1 Å². The van der Waals surface area contributed by atoms with Crippen molar-refractivity contribution in [2.75, 3.05) is 7.11 Å². The number of hydrogen-bond acceptors (Lipinski definition) is 4. The molecule has 2 N–H and O–H groups in total. The van der Waals surface area contributed by atoms with E-state index in [0.717, 1.165) is 12.2 Å². The second kappa shape index (κ2) is 6.68. The first-order valence-electron chi connectivity index (χ1n) is 6.41. The Morgan fingerprint density at radius 2 is 2.25 bits per heavy atom. The summed E-state index contributed by atoms with van der Waals surface area (Å²) in [6.45, 7) is 2.56. The molecule has 2 rings (SSSR count). The van der Waals surface area contributed by atoms with Crippen LogP contribution in [-0.2, 0) is 13.0 Å². The van der Waals surface area contributed by atoms with Gasteiger partial charge in [0.05, 0.1) is 13.4 Å². The zero-order valence-electron chi connectivity index (χ0n) is 11.5. The maximum Gasteiger partial charge on any atom is 0.162 e. The number of ether oxygens (including phenoxy) is 1. The zero-order valence-corrected chi connectivity index (χ0v) is 12.3. The second-order valence-electron chi connectivity index (χ2n) is 4.68. The minimum absolute atomic E-state index is 0.120. The van der Waals surface area contributed by atoms with Gasteiger partial charge in [-0.2, -0.15) is 0 Å². The van der Waals surface area contributed by atoms with Crippen molar-refractivity contribution < 1.29 is 14.3 Å². The Bertz CT molecular complexity index is 554. The van der Waals surface area contributed by atoms with Gasteiger partial charge in [-0.15, -0.1) is 0 Å². The normalized spacial score (nSPS) is 12.3. The lowest BCUT2D eigenvalue weighted by molar-refractivity contribution is 0.368. The van der Waals surface area contributed by atoms with Crippen LogP contribution in [0, 0.1) is 0 Å². The van der Waals surface area contributed by atoms with Crippen LogP contribution in [0.2, 0.25) is 5.02 Å². The molecule has 108 valence electrons. The summed E-state index contributed by atoms with van der Waals surface area (Å²) in [4.78, 5) is 0. The van der Waals surface area contributed by atoms with Crippen LogP contribution in [0.25, 0.3) is 0 Å². The number of nitrogens with one attached hydrogen (secondary N) is 1. The summed E-state index contributed by atoms with van der Waals surface area (Å²) in [5.41, 5.74) is 0.709. The Morgan fingerprint density at radius 3 is 2.90 bits per heavy atom. The summed E-state index contributed by atoms with van der Waals surface area (Å²) in [6.07, 6.45) is 2.45. The molecule has 1 aromatic carbocycles. The molecule has 0 amide bonds. The van der Waals surface area contributed by atoms with Gasteiger partial charge in [-0.25, -0.2) is 0 Å². The summed E-state index contributed by atoms with van der Waals surface area (Å²) in [6, 6.07) is 7.34. The van der Waals surface area contributed by atoms with Crippen LogP contribution in [0.15, 0.2) is 34.9 Å². The van der Waals surface area contributed by atoms with Crippen LogP contribution in [0.1, 0.15) is 18.2 Å². The van der Waals surface area contributed by atoms with Crippen molar-refractivity contribution in [2.45, 2.75) is 25.9 Å². The van der Waals surface area contributed by atoms with Gasteiger partial charge in [0.2, 0.25) is 0 Å². The topological polar surface area (TPSA) is 54.6 Å². The smallest absolute Gasteiger partial charge is 0.162 e. The molecule has 1 heterocycles. The molecule has 0 fully saturated rings. The molecule has 5 heteroatoms. The quantitative estimate of drug-likeness (QED) is 0.858. The van der Waals surface area contributed by atoms with E-state index in [-0.39, 0.29) is 11.8 Å². The highest BCUT2D eigenvalue weighted by Crippen LogP contribution is 2.33. The predicted octanol–water partition coefficient (Wildman–Crippen LogP) is 3.37. The second-order valence-corrected chi connectivity index (χ2v) is 5.12. The summed E-state index contributed by atoms with van der Waals surface area (Å²) >= 11 is 6.00. The van der Waals surface area contributed by atoms with Gasteiger partial charge in [-0.05, 0) is 25.1 Å². The number of rotatable bonds is 6. The van der Waals surface area contributed by atoms with Gasteiger partial charge < -0.3 is 19.6 Å². The molecule has 0 aliphatic rings. The molecule has 0 saturated carbocycles. The van der Waals surface area contributed by atoms with Gasteiger partial charge in [-0.1, -0.05) is 11.6 Å². The van der Waals surface area contributed by atoms with Gasteiger partial charge in [0.1, 0.15) is 5.76 Å². The molecule has 0 bridgehead atoms. The van der Waals surface area contributed by atoms with E-state index >= 15 is 0 Å². The fourth-order valence-electron chi connectivity index (χ4n) is 2.01. The molecule has 1 unspecified atom stereocenters. The van der Waals surface area contributed by atoms with Crippen molar-refractivity contribution in [3.63, 3.8) is 0 Å². The van der Waals surface area contributed by atoms with E-state index in [1.807, 2.05) is 12.1 Å². The molecule has 0 saturated heterocycles. The fourth-order valence-corrected chi connectivity index (χ4v) is 2.24. The SMILES string of the molecule is COc1cc(Cl)cc(CNC(C)Cc2ccco2)c1O. The average Bonchev–Trinajstić information content (AvgIpc) is 2.92. The number of phenols is 1. The minimum atomic E-state index is 0.120. The standard InChI is InChI=1S/C15H18ClNO3/c1-10(6-13-4-3-5-20-13)17-9-11-7-12(16)8-14(19-2)15(11)18/h3-5,7-8,10,17-18H,6,9H2,1-2H3. The van der Waals surface area contributed by atoms with Crippen molar-refractivity contribution in [2.24, 2.45) is 0 Å². The zero-order chi connectivity index (χ0) is 14.5. The molecular formula is C15H18ClNO3. The highest BCUT2D eigenvalue weighted by atomic mass is 35.5. The summed E-state index contributed by atoms with van der Waals surface area (Å²) in [5.74, 6) is 1.43. The number of halogens is 1. The van der Waals surface area contributed by atoms with E-state index in [1.165, 1.54) is 7.11 Å². The highest BCUT2D eigenvalue weighted by Gasteiger charge is 2.11. The number of phenolic OH excluding ortho intramolecular Hbond substituents is 1. The predicted molar refractivity (Wildman–Crippen MR) is 78.4 cm³/mol. The monoisotopic (exact) mass is 295 g/mol. The lowest BCUT2D eigenvalue weighted by Crippen LogP contribution is -2.27. The van der Waals surface area contributed by atoms with Crippen LogP contribution in [0.4, 0.5) is 0 Å². The van der Waals surface area contributed by atoms with E-state index in [0.29, 0.717) is 22.9 Å². The van der Waals surface area contributed by atoms with E-state index in [4.69, 9.17) is 20.8 Å². The summed E-state index contributed by atoms with van der Waals surface area (Å²) in [7, 11) is 1.50. The lowest BCUT2D eigenvalue weighted by Gasteiger charge is -2.15. The summed E-state index contributed by atoms with van der Waals surface area (Å²) < 4.78 is 10.4. The molecule has 0 aliphatic carbocycles. The van der Waals surface area contributed by atoms with E-state index in [1.54, 1.807) is 18.4 Å². The molecule has 1 aromatic heterocycles. The number of furan rings is 1. The number of methoxy groups -OCH3 is 1. The fraction of sp³-hybridized carbons (Fsp3) is 0.333. The third-order valence-corrected chi connectivity index (χ3v) is 3.29. The maximum atomic E-state index is 10.0. The van der Waals surface area contributed by atoms with Gasteiger partial charge in [0.25, 0.3) is 0 Å². The third-order valence-electron chi connectivity index (χ3n) is 3.07. The number of aromatic hydroxyl groups is 1. The Labute approximate surface area is 123 Å². The van der Waals surface area contributed by atoms with Gasteiger partial charge in [0, 0.05) is 35.7 Å². The largest absolute Gasteiger partial charge is 0.504 e. The Morgan fingerprint density at radius 1 is 1.45 bits per heavy atom. The first-order chi connectivity index (χ1) is 9.60. The Balaban J connectivity index is 1.98. The molecule has 0 radical (unpaired) electrons.